The van der Waals surface area contributed by atoms with E-state index < -0.39 is 0 Å². The van der Waals surface area contributed by atoms with Crippen LogP contribution in [0.5, 0.6) is 0 Å². The molecule has 5 aromatic rings. The molecule has 0 saturated carbocycles. The fourth-order valence-electron chi connectivity index (χ4n) is 4.44. The highest BCUT2D eigenvalue weighted by atomic mass is 32.2. The van der Waals surface area contributed by atoms with Gasteiger partial charge >= 0.3 is 0 Å². The lowest BCUT2D eigenvalue weighted by Gasteiger charge is -2.18. The van der Waals surface area contributed by atoms with Crippen LogP contribution in [0.3, 0.4) is 0 Å². The van der Waals surface area contributed by atoms with Crippen LogP contribution in [0.2, 0.25) is 0 Å². The zero-order chi connectivity index (χ0) is 24.5. The molecule has 172 valence electrons. The molecule has 6 rings (SSSR count). The molecule has 0 saturated heterocycles. The molecule has 4 heteroatoms. The van der Waals surface area contributed by atoms with E-state index in [0.29, 0.717) is 22.3 Å². The van der Waals surface area contributed by atoms with Crippen molar-refractivity contribution < 1.29 is 9.59 Å². The molecule has 0 radical (unpaired) electrons. The van der Waals surface area contributed by atoms with Crippen molar-refractivity contribution in [1.29, 1.82) is 0 Å². The van der Waals surface area contributed by atoms with Crippen LogP contribution in [0, 0.1) is 0 Å². The highest BCUT2D eigenvalue weighted by molar-refractivity contribution is 7.99. The number of rotatable bonds is 5. The van der Waals surface area contributed by atoms with E-state index in [4.69, 9.17) is 0 Å². The smallest absolute Gasteiger partial charge is 0.194 e. The number of benzene rings is 5. The number of fused-ring (bicyclic) bond motifs is 2. The van der Waals surface area contributed by atoms with Crippen LogP contribution < -0.4 is 0 Å². The van der Waals surface area contributed by atoms with Gasteiger partial charge in [-0.3, -0.25) is 9.59 Å². The molecule has 0 amide bonds. The molecule has 0 bridgehead atoms. The zero-order valence-electron chi connectivity index (χ0n) is 19.3. The lowest BCUT2D eigenvalue weighted by molar-refractivity contribution is 0.0979. The van der Waals surface area contributed by atoms with Crippen LogP contribution in [0.15, 0.2) is 152 Å². The van der Waals surface area contributed by atoms with Crippen LogP contribution in [0.4, 0.5) is 0 Å². The SMILES string of the molecule is O=C1c2ccccc2C(=O)c2cc(Sc3ccc([S+](c4ccccc4)c4ccccc4)cc3)ccc21. The molecular formula is C32H21O2S2+. The van der Waals surface area contributed by atoms with E-state index in [2.05, 4.69) is 72.8 Å². The third-order valence-corrected chi connectivity index (χ3v) is 9.38. The molecule has 1 aliphatic rings. The predicted molar refractivity (Wildman–Crippen MR) is 145 cm³/mol. The Labute approximate surface area is 217 Å². The molecule has 0 atom stereocenters. The quantitative estimate of drug-likeness (QED) is 0.227. The number of hydrogen-bond acceptors (Lipinski definition) is 3. The number of carbonyl (C=O) groups excluding carboxylic acids is 2. The van der Waals surface area contributed by atoms with Crippen molar-refractivity contribution in [3.63, 3.8) is 0 Å². The van der Waals surface area contributed by atoms with Crippen molar-refractivity contribution in [2.75, 3.05) is 0 Å². The normalized spacial score (nSPS) is 12.4. The third-order valence-electron chi connectivity index (χ3n) is 6.15. The third kappa shape index (κ3) is 4.19. The first-order valence-electron chi connectivity index (χ1n) is 11.6. The van der Waals surface area contributed by atoms with Gasteiger partial charge in [0.15, 0.2) is 26.3 Å². The van der Waals surface area contributed by atoms with Gasteiger partial charge in [0.1, 0.15) is 0 Å². The summed E-state index contributed by atoms with van der Waals surface area (Å²) < 4.78 is 0. The summed E-state index contributed by atoms with van der Waals surface area (Å²) in [7, 11) is -0.193. The highest BCUT2D eigenvalue weighted by Crippen LogP contribution is 2.36. The predicted octanol–water partition coefficient (Wildman–Crippen LogP) is 7.71. The standard InChI is InChI=1S/C32H21O2S2/c33-31-27-13-7-8-14-28(27)32(34)30-21-23(17-20-29(30)31)35-22-15-18-26(19-16-22)36(24-9-3-1-4-10-24)25-11-5-2-6-12-25/h1-21H/q+1. The number of carbonyl (C=O) groups is 2. The van der Waals surface area contributed by atoms with Crippen molar-refractivity contribution in [2.45, 2.75) is 24.5 Å². The monoisotopic (exact) mass is 501 g/mol. The second-order valence-electron chi connectivity index (χ2n) is 8.42. The van der Waals surface area contributed by atoms with E-state index in [0.717, 1.165) is 9.79 Å². The van der Waals surface area contributed by atoms with Crippen molar-refractivity contribution in [3.05, 3.63) is 150 Å². The summed E-state index contributed by atoms with van der Waals surface area (Å²) in [6.45, 7) is 0. The van der Waals surface area contributed by atoms with E-state index in [1.807, 2.05) is 24.3 Å². The summed E-state index contributed by atoms with van der Waals surface area (Å²) in [6, 6.07) is 42.4. The topological polar surface area (TPSA) is 34.1 Å². The molecule has 0 fully saturated rings. The molecule has 0 aromatic heterocycles. The first kappa shape index (κ1) is 22.6. The second kappa shape index (κ2) is 9.65. The first-order chi connectivity index (χ1) is 17.7. The number of ketones is 2. The van der Waals surface area contributed by atoms with Gasteiger partial charge in [-0.25, -0.2) is 0 Å². The van der Waals surface area contributed by atoms with Crippen LogP contribution in [-0.4, -0.2) is 11.6 Å². The van der Waals surface area contributed by atoms with E-state index in [-0.39, 0.29) is 22.5 Å². The lowest BCUT2D eigenvalue weighted by Crippen LogP contribution is -2.20. The Hall–Kier alpha value is -3.86. The largest absolute Gasteiger partial charge is 0.289 e. The fraction of sp³-hybridized carbons (Fsp3) is 0. The summed E-state index contributed by atoms with van der Waals surface area (Å²) in [6.07, 6.45) is 0. The molecule has 0 aliphatic heterocycles. The van der Waals surface area contributed by atoms with Crippen molar-refractivity contribution in [3.8, 4) is 0 Å². The molecule has 2 nitrogen and oxygen atoms in total. The average molecular weight is 502 g/mol. The molecule has 1 aliphatic carbocycles. The van der Waals surface area contributed by atoms with Crippen molar-refractivity contribution >= 4 is 34.2 Å². The van der Waals surface area contributed by atoms with Gasteiger partial charge in [0, 0.05) is 32.0 Å². The van der Waals surface area contributed by atoms with Crippen LogP contribution in [0.25, 0.3) is 0 Å². The maximum absolute atomic E-state index is 13.1. The molecule has 0 unspecified atom stereocenters. The minimum Gasteiger partial charge on any atom is -0.289 e. The van der Waals surface area contributed by atoms with Crippen molar-refractivity contribution in [1.82, 2.24) is 0 Å². The van der Waals surface area contributed by atoms with Crippen molar-refractivity contribution in [2.24, 2.45) is 0 Å². The van der Waals surface area contributed by atoms with E-state index >= 15 is 0 Å². The fourth-order valence-corrected chi connectivity index (χ4v) is 7.38. The van der Waals surface area contributed by atoms with Gasteiger partial charge in [0.2, 0.25) is 0 Å². The van der Waals surface area contributed by atoms with Crippen LogP contribution in [0.1, 0.15) is 31.8 Å². The van der Waals surface area contributed by atoms with E-state index in [9.17, 15) is 9.59 Å². The average Bonchev–Trinajstić information content (AvgIpc) is 2.94. The second-order valence-corrected chi connectivity index (χ2v) is 11.6. The summed E-state index contributed by atoms with van der Waals surface area (Å²) in [4.78, 5) is 31.8. The maximum Gasteiger partial charge on any atom is 0.194 e. The van der Waals surface area contributed by atoms with Gasteiger partial charge in [-0.15, -0.1) is 0 Å². The summed E-state index contributed by atoms with van der Waals surface area (Å²) in [5, 5.41) is 0. The zero-order valence-corrected chi connectivity index (χ0v) is 20.9. The Morgan fingerprint density at radius 1 is 0.417 bits per heavy atom. The highest BCUT2D eigenvalue weighted by Gasteiger charge is 2.30. The summed E-state index contributed by atoms with van der Waals surface area (Å²) in [5.41, 5.74) is 1.93. The molecule has 0 heterocycles. The molecule has 0 N–H and O–H groups in total. The summed E-state index contributed by atoms with van der Waals surface area (Å²) >= 11 is 1.60. The van der Waals surface area contributed by atoms with Gasteiger partial charge < -0.3 is 0 Å². The Kier molecular flexibility index (Phi) is 6.06. The minimum absolute atomic E-state index is 0.0880. The van der Waals surface area contributed by atoms with Crippen LogP contribution >= 0.6 is 11.8 Å². The Bertz CT molecular complexity index is 1540. The van der Waals surface area contributed by atoms with E-state index in [1.54, 1.807) is 42.1 Å². The molecule has 36 heavy (non-hydrogen) atoms. The van der Waals surface area contributed by atoms with Gasteiger partial charge in [-0.2, -0.15) is 0 Å². The minimum atomic E-state index is -0.193. The van der Waals surface area contributed by atoms with Gasteiger partial charge in [-0.05, 0) is 66.7 Å². The van der Waals surface area contributed by atoms with Gasteiger partial charge in [-0.1, -0.05) is 72.4 Å². The maximum atomic E-state index is 13.1. The first-order valence-corrected chi connectivity index (χ1v) is 13.7. The summed E-state index contributed by atoms with van der Waals surface area (Å²) in [5.74, 6) is -0.178. The molecule has 5 aromatic carbocycles. The van der Waals surface area contributed by atoms with Crippen LogP contribution in [-0.2, 0) is 10.9 Å². The molecule has 0 spiro atoms. The van der Waals surface area contributed by atoms with E-state index in [1.165, 1.54) is 14.7 Å². The Morgan fingerprint density at radius 3 is 1.44 bits per heavy atom. The lowest BCUT2D eigenvalue weighted by atomic mass is 9.84. The number of hydrogen-bond donors (Lipinski definition) is 0. The Balaban J connectivity index is 1.29. The van der Waals surface area contributed by atoms with Gasteiger partial charge in [0.25, 0.3) is 0 Å². The Morgan fingerprint density at radius 2 is 0.861 bits per heavy atom. The molecular weight excluding hydrogens is 480 g/mol. The van der Waals surface area contributed by atoms with Gasteiger partial charge in [0.05, 0.1) is 10.9 Å².